The third-order valence-electron chi connectivity index (χ3n) is 3.24. The fraction of sp³-hybridized carbons (Fsp3) is 0.267. The first-order valence-corrected chi connectivity index (χ1v) is 7.98. The van der Waals surface area contributed by atoms with Crippen molar-refractivity contribution in [1.82, 2.24) is 15.0 Å². The summed E-state index contributed by atoms with van der Waals surface area (Å²) in [5, 5.41) is 6.11. The maximum Gasteiger partial charge on any atom is 0.137 e. The van der Waals surface area contributed by atoms with Crippen LogP contribution in [0.2, 0.25) is 5.02 Å². The summed E-state index contributed by atoms with van der Waals surface area (Å²) in [5.41, 5.74) is 0.834. The third-order valence-corrected chi connectivity index (χ3v) is 4.80. The highest BCUT2D eigenvalue weighted by molar-refractivity contribution is 7.11. The molecular weight excluding hydrogens is 304 g/mol. The summed E-state index contributed by atoms with van der Waals surface area (Å²) in [6, 6.07) is 5.73. The molecule has 0 aliphatic rings. The van der Waals surface area contributed by atoms with Crippen molar-refractivity contribution in [2.75, 3.05) is 5.32 Å². The predicted octanol–water partition coefficient (Wildman–Crippen LogP) is 4.48. The summed E-state index contributed by atoms with van der Waals surface area (Å²) < 4.78 is 0. The van der Waals surface area contributed by atoms with E-state index in [9.17, 15) is 0 Å². The van der Waals surface area contributed by atoms with Crippen LogP contribution in [0.25, 0.3) is 10.9 Å². The fourth-order valence-corrected chi connectivity index (χ4v) is 3.12. The molecule has 0 bridgehead atoms. The predicted molar refractivity (Wildman–Crippen MR) is 88.1 cm³/mol. The number of halogens is 1. The molecule has 0 aliphatic carbocycles. The van der Waals surface area contributed by atoms with Gasteiger partial charge >= 0.3 is 0 Å². The molecular formula is C15H15ClN4S. The average molecular weight is 319 g/mol. The number of hydrogen-bond donors (Lipinski definition) is 1. The summed E-state index contributed by atoms with van der Waals surface area (Å²) >= 11 is 7.73. The Hall–Kier alpha value is -1.72. The zero-order chi connectivity index (χ0) is 14.8. The molecule has 0 spiro atoms. The lowest BCUT2D eigenvalue weighted by atomic mass is 10.2. The van der Waals surface area contributed by atoms with Crippen molar-refractivity contribution in [2.24, 2.45) is 0 Å². The van der Waals surface area contributed by atoms with E-state index in [1.807, 2.05) is 24.4 Å². The van der Waals surface area contributed by atoms with Crippen LogP contribution in [0.5, 0.6) is 0 Å². The third kappa shape index (κ3) is 2.99. The van der Waals surface area contributed by atoms with Crippen LogP contribution in [-0.4, -0.2) is 15.0 Å². The molecule has 3 rings (SSSR count). The van der Waals surface area contributed by atoms with Crippen molar-refractivity contribution < 1.29 is 0 Å². The highest BCUT2D eigenvalue weighted by Gasteiger charge is 2.12. The molecule has 2 heterocycles. The van der Waals surface area contributed by atoms with Gasteiger partial charge in [-0.15, -0.1) is 11.3 Å². The second-order valence-electron chi connectivity index (χ2n) is 4.77. The molecule has 0 amide bonds. The monoisotopic (exact) mass is 318 g/mol. The van der Waals surface area contributed by atoms with Gasteiger partial charge in [-0.1, -0.05) is 18.5 Å². The Morgan fingerprint density at radius 3 is 2.90 bits per heavy atom. The van der Waals surface area contributed by atoms with Gasteiger partial charge in [0.1, 0.15) is 17.2 Å². The van der Waals surface area contributed by atoms with Crippen molar-refractivity contribution >= 4 is 39.7 Å². The quantitative estimate of drug-likeness (QED) is 0.770. The number of thiazole rings is 1. The summed E-state index contributed by atoms with van der Waals surface area (Å²) in [4.78, 5) is 14.4. The molecule has 1 unspecified atom stereocenters. The van der Waals surface area contributed by atoms with Gasteiger partial charge in [0.2, 0.25) is 0 Å². The van der Waals surface area contributed by atoms with Crippen LogP contribution in [0.15, 0.2) is 30.7 Å². The number of rotatable bonds is 4. The lowest BCUT2D eigenvalue weighted by Gasteiger charge is -2.13. The van der Waals surface area contributed by atoms with Gasteiger partial charge in [0.05, 0.1) is 11.6 Å². The number of fused-ring (bicyclic) bond motifs is 1. The van der Waals surface area contributed by atoms with E-state index in [2.05, 4.69) is 34.1 Å². The Bertz CT molecular complexity index is 771. The smallest absolute Gasteiger partial charge is 0.137 e. The minimum atomic E-state index is 0.101. The molecule has 0 saturated carbocycles. The SMILES string of the molecule is CCc1cnc(C(C)Nc2ncnc3cc(Cl)ccc23)s1. The van der Waals surface area contributed by atoms with Gasteiger partial charge in [-0.2, -0.15) is 0 Å². The second kappa shape index (κ2) is 5.95. The van der Waals surface area contributed by atoms with Crippen LogP contribution in [-0.2, 0) is 6.42 Å². The fourth-order valence-electron chi connectivity index (χ4n) is 2.10. The van der Waals surface area contributed by atoms with Gasteiger partial charge in [0, 0.05) is 21.5 Å². The summed E-state index contributed by atoms with van der Waals surface area (Å²) in [6.07, 6.45) is 4.50. The molecule has 0 radical (unpaired) electrons. The first-order chi connectivity index (χ1) is 10.2. The molecule has 3 aromatic rings. The molecule has 108 valence electrons. The van der Waals surface area contributed by atoms with E-state index in [0.717, 1.165) is 28.1 Å². The van der Waals surface area contributed by atoms with Gasteiger partial charge in [0.25, 0.3) is 0 Å². The number of aryl methyl sites for hydroxylation is 1. The van der Waals surface area contributed by atoms with E-state index >= 15 is 0 Å². The number of anilines is 1. The maximum atomic E-state index is 6.00. The van der Waals surface area contributed by atoms with E-state index in [1.165, 1.54) is 4.88 Å². The molecule has 6 heteroatoms. The molecule has 1 N–H and O–H groups in total. The zero-order valence-electron chi connectivity index (χ0n) is 11.8. The first kappa shape index (κ1) is 14.2. The Kier molecular flexibility index (Phi) is 4.03. The maximum absolute atomic E-state index is 6.00. The van der Waals surface area contributed by atoms with Crippen LogP contribution < -0.4 is 5.32 Å². The Morgan fingerprint density at radius 1 is 1.29 bits per heavy atom. The molecule has 0 aliphatic heterocycles. The van der Waals surface area contributed by atoms with Gasteiger partial charge in [0.15, 0.2) is 0 Å². The zero-order valence-corrected chi connectivity index (χ0v) is 13.4. The molecule has 4 nitrogen and oxygen atoms in total. The van der Waals surface area contributed by atoms with Gasteiger partial charge in [-0.05, 0) is 31.5 Å². The number of aromatic nitrogens is 3. The first-order valence-electron chi connectivity index (χ1n) is 6.78. The standard InChI is InChI=1S/C15H15ClN4S/c1-3-11-7-17-15(21-11)9(2)20-14-12-5-4-10(16)6-13(12)18-8-19-14/h4-9H,3H2,1-2H3,(H,18,19,20). The van der Waals surface area contributed by atoms with Crippen LogP contribution >= 0.6 is 22.9 Å². The van der Waals surface area contributed by atoms with Crippen LogP contribution in [0.1, 0.15) is 29.8 Å². The van der Waals surface area contributed by atoms with Crippen molar-refractivity contribution in [3.63, 3.8) is 0 Å². The number of nitrogens with zero attached hydrogens (tertiary/aromatic N) is 3. The van der Waals surface area contributed by atoms with Crippen molar-refractivity contribution in [3.8, 4) is 0 Å². The Balaban J connectivity index is 1.90. The minimum absolute atomic E-state index is 0.101. The highest BCUT2D eigenvalue weighted by atomic mass is 35.5. The van der Waals surface area contributed by atoms with E-state index in [1.54, 1.807) is 17.7 Å². The van der Waals surface area contributed by atoms with Crippen LogP contribution in [0, 0.1) is 0 Å². The summed E-state index contributed by atoms with van der Waals surface area (Å²) in [5.74, 6) is 0.803. The lowest BCUT2D eigenvalue weighted by Crippen LogP contribution is -2.08. The van der Waals surface area contributed by atoms with Gasteiger partial charge in [-0.3, -0.25) is 0 Å². The topological polar surface area (TPSA) is 50.7 Å². The van der Waals surface area contributed by atoms with E-state index in [0.29, 0.717) is 5.02 Å². The summed E-state index contributed by atoms with van der Waals surface area (Å²) in [7, 11) is 0. The van der Waals surface area contributed by atoms with Crippen LogP contribution in [0.4, 0.5) is 5.82 Å². The number of hydrogen-bond acceptors (Lipinski definition) is 5. The molecule has 21 heavy (non-hydrogen) atoms. The second-order valence-corrected chi connectivity index (χ2v) is 6.35. The minimum Gasteiger partial charge on any atom is -0.360 e. The Morgan fingerprint density at radius 2 is 2.14 bits per heavy atom. The molecule has 0 fully saturated rings. The largest absolute Gasteiger partial charge is 0.360 e. The van der Waals surface area contributed by atoms with E-state index in [-0.39, 0.29) is 6.04 Å². The summed E-state index contributed by atoms with van der Waals surface area (Å²) in [6.45, 7) is 4.22. The normalized spacial score (nSPS) is 12.5. The lowest BCUT2D eigenvalue weighted by molar-refractivity contribution is 0.861. The average Bonchev–Trinajstić information content (AvgIpc) is 2.96. The Labute approximate surface area is 132 Å². The van der Waals surface area contributed by atoms with E-state index in [4.69, 9.17) is 11.6 Å². The van der Waals surface area contributed by atoms with Gasteiger partial charge < -0.3 is 5.32 Å². The molecule has 2 aromatic heterocycles. The van der Waals surface area contributed by atoms with Crippen molar-refractivity contribution in [2.45, 2.75) is 26.3 Å². The van der Waals surface area contributed by atoms with E-state index < -0.39 is 0 Å². The van der Waals surface area contributed by atoms with Crippen molar-refractivity contribution in [3.05, 3.63) is 45.6 Å². The number of benzene rings is 1. The van der Waals surface area contributed by atoms with Gasteiger partial charge in [-0.25, -0.2) is 15.0 Å². The van der Waals surface area contributed by atoms with Crippen molar-refractivity contribution in [1.29, 1.82) is 0 Å². The molecule has 1 atom stereocenters. The molecule has 0 saturated heterocycles. The highest BCUT2D eigenvalue weighted by Crippen LogP contribution is 2.27. The van der Waals surface area contributed by atoms with Crippen LogP contribution in [0.3, 0.4) is 0 Å². The number of nitrogens with one attached hydrogen (secondary N) is 1. The molecule has 1 aromatic carbocycles.